The van der Waals surface area contributed by atoms with Gasteiger partial charge in [-0.05, 0) is 13.8 Å². The van der Waals surface area contributed by atoms with Crippen molar-refractivity contribution in [3.8, 4) is 0 Å². The lowest BCUT2D eigenvalue weighted by Crippen LogP contribution is -2.44. The number of nitrogens with one attached hydrogen (secondary N) is 1. The van der Waals surface area contributed by atoms with E-state index in [-0.39, 0.29) is 5.54 Å². The van der Waals surface area contributed by atoms with E-state index in [1.807, 2.05) is 13.8 Å². The standard InChI is InChI=1S/C5H11N2O/c1-5(2,3-6)7-4-8/h3,6H2,1-2H3,(H,7,8). The van der Waals surface area contributed by atoms with Gasteiger partial charge in [0.15, 0.2) is 0 Å². The number of rotatable bonds is 3. The van der Waals surface area contributed by atoms with E-state index in [2.05, 4.69) is 5.32 Å². The topological polar surface area (TPSA) is 55.1 Å². The second-order valence-electron chi connectivity index (χ2n) is 2.32. The number of hydrogen-bond acceptors (Lipinski definition) is 2. The Hall–Kier alpha value is -0.570. The molecule has 0 aliphatic carbocycles. The van der Waals surface area contributed by atoms with Crippen LogP contribution in [-0.2, 0) is 4.79 Å². The summed E-state index contributed by atoms with van der Waals surface area (Å²) in [6.45, 7) is 4.10. The highest BCUT2D eigenvalue weighted by atomic mass is 16.1. The van der Waals surface area contributed by atoms with Gasteiger partial charge in [-0.15, -0.1) is 0 Å². The van der Waals surface area contributed by atoms with Crippen molar-refractivity contribution in [2.75, 3.05) is 6.54 Å². The molecular weight excluding hydrogens is 104 g/mol. The van der Waals surface area contributed by atoms with Crippen molar-refractivity contribution in [2.24, 2.45) is 5.73 Å². The summed E-state index contributed by atoms with van der Waals surface area (Å²) in [5, 5.41) is 2.44. The predicted octanol–water partition coefficient (Wildman–Crippen LogP) is -0.619. The smallest absolute Gasteiger partial charge is 0.309 e. The molecule has 0 aromatic rings. The molecule has 0 rings (SSSR count). The van der Waals surface area contributed by atoms with Gasteiger partial charge in [-0.1, -0.05) is 0 Å². The average Bonchev–Trinajstić information content (AvgIpc) is 1.67. The number of nitrogens with two attached hydrogens (primary N) is 1. The molecule has 8 heavy (non-hydrogen) atoms. The maximum Gasteiger partial charge on any atom is 0.309 e. The molecule has 1 radical (unpaired) electrons. The van der Waals surface area contributed by atoms with Gasteiger partial charge in [0, 0.05) is 12.1 Å². The quantitative estimate of drug-likeness (QED) is 0.482. The summed E-state index contributed by atoms with van der Waals surface area (Å²) in [6, 6.07) is 0. The molecule has 0 aliphatic rings. The Morgan fingerprint density at radius 3 is 2.38 bits per heavy atom. The van der Waals surface area contributed by atoms with E-state index in [1.165, 1.54) is 0 Å². The molecule has 3 N–H and O–H groups in total. The summed E-state index contributed by atoms with van der Waals surface area (Å²) in [4.78, 5) is 9.69. The van der Waals surface area contributed by atoms with Crippen LogP contribution in [0.1, 0.15) is 13.8 Å². The summed E-state index contributed by atoms with van der Waals surface area (Å²) in [6.07, 6.45) is 1.58. The largest absolute Gasteiger partial charge is 0.342 e. The molecule has 0 unspecified atom stereocenters. The van der Waals surface area contributed by atoms with E-state index in [1.54, 1.807) is 6.41 Å². The monoisotopic (exact) mass is 115 g/mol. The molecule has 3 heteroatoms. The van der Waals surface area contributed by atoms with E-state index >= 15 is 0 Å². The van der Waals surface area contributed by atoms with E-state index in [4.69, 9.17) is 5.73 Å². The van der Waals surface area contributed by atoms with Crippen molar-refractivity contribution >= 4 is 6.41 Å². The van der Waals surface area contributed by atoms with Crippen LogP contribution in [0.25, 0.3) is 0 Å². The zero-order chi connectivity index (χ0) is 6.62. The Morgan fingerprint density at radius 1 is 1.75 bits per heavy atom. The second-order valence-corrected chi connectivity index (χ2v) is 2.32. The zero-order valence-electron chi connectivity index (χ0n) is 5.19. The first-order chi connectivity index (χ1) is 3.62. The van der Waals surface area contributed by atoms with E-state index in [0.717, 1.165) is 0 Å². The molecule has 0 aromatic carbocycles. The molecular formula is C5H11N2O. The van der Waals surface area contributed by atoms with Crippen LogP contribution in [0, 0.1) is 0 Å². The first-order valence-corrected chi connectivity index (χ1v) is 2.47. The van der Waals surface area contributed by atoms with Gasteiger partial charge in [0.2, 0.25) is 0 Å². The first-order valence-electron chi connectivity index (χ1n) is 2.47. The fourth-order valence-corrected chi connectivity index (χ4v) is 0.189. The van der Waals surface area contributed by atoms with E-state index in [0.29, 0.717) is 6.54 Å². The lowest BCUT2D eigenvalue weighted by atomic mass is 10.1. The summed E-state index contributed by atoms with van der Waals surface area (Å²) >= 11 is 0. The third-order valence-corrected chi connectivity index (χ3v) is 0.900. The molecule has 0 aromatic heterocycles. The number of carbonyl (C=O) groups excluding carboxylic acids is 1. The Kier molecular flexibility index (Phi) is 2.48. The molecule has 0 spiro atoms. The second kappa shape index (κ2) is 2.67. The molecule has 0 saturated heterocycles. The predicted molar refractivity (Wildman–Crippen MR) is 32.0 cm³/mol. The molecule has 47 valence electrons. The Labute approximate surface area is 49.3 Å². The number of amides is 1. The Morgan fingerprint density at radius 2 is 2.25 bits per heavy atom. The summed E-state index contributed by atoms with van der Waals surface area (Å²) in [5.74, 6) is 0. The van der Waals surface area contributed by atoms with Gasteiger partial charge in [0.05, 0.1) is 0 Å². The molecule has 0 atom stereocenters. The zero-order valence-corrected chi connectivity index (χ0v) is 5.19. The van der Waals surface area contributed by atoms with Crippen molar-refractivity contribution in [2.45, 2.75) is 19.4 Å². The van der Waals surface area contributed by atoms with Crippen molar-refractivity contribution < 1.29 is 4.79 Å². The van der Waals surface area contributed by atoms with Gasteiger partial charge in [0.25, 0.3) is 0 Å². The SMILES string of the molecule is CC(C)(CN)N[C]=O. The van der Waals surface area contributed by atoms with Gasteiger partial charge < -0.3 is 11.1 Å². The van der Waals surface area contributed by atoms with Crippen LogP contribution in [0.15, 0.2) is 0 Å². The fraction of sp³-hybridized carbons (Fsp3) is 0.800. The van der Waals surface area contributed by atoms with Gasteiger partial charge in [-0.3, -0.25) is 4.79 Å². The van der Waals surface area contributed by atoms with Gasteiger partial charge in [0.1, 0.15) is 0 Å². The number of hydrogen-bond donors (Lipinski definition) is 2. The van der Waals surface area contributed by atoms with Crippen molar-refractivity contribution in [3.05, 3.63) is 0 Å². The highest BCUT2D eigenvalue weighted by Gasteiger charge is 2.12. The van der Waals surface area contributed by atoms with Crippen molar-refractivity contribution in [3.63, 3.8) is 0 Å². The lowest BCUT2D eigenvalue weighted by Gasteiger charge is -2.19. The normalized spacial score (nSPS) is 10.9. The minimum atomic E-state index is -0.304. The highest BCUT2D eigenvalue weighted by molar-refractivity contribution is 5.48. The van der Waals surface area contributed by atoms with Crippen molar-refractivity contribution in [1.82, 2.24) is 5.32 Å². The fourth-order valence-electron chi connectivity index (χ4n) is 0.189. The lowest BCUT2D eigenvalue weighted by molar-refractivity contribution is 0.444. The van der Waals surface area contributed by atoms with Crippen LogP contribution in [0.5, 0.6) is 0 Å². The van der Waals surface area contributed by atoms with Crippen LogP contribution >= 0.6 is 0 Å². The minimum absolute atomic E-state index is 0.304. The average molecular weight is 115 g/mol. The molecule has 0 aliphatic heterocycles. The van der Waals surface area contributed by atoms with E-state index < -0.39 is 0 Å². The van der Waals surface area contributed by atoms with E-state index in [9.17, 15) is 4.79 Å². The Balaban J connectivity index is 3.53. The molecule has 1 amide bonds. The van der Waals surface area contributed by atoms with Crippen molar-refractivity contribution in [1.29, 1.82) is 0 Å². The van der Waals surface area contributed by atoms with Gasteiger partial charge in [-0.2, -0.15) is 0 Å². The Bertz CT molecular complexity index is 80.5. The molecule has 0 heterocycles. The molecule has 0 fully saturated rings. The van der Waals surface area contributed by atoms with Crippen LogP contribution in [0.3, 0.4) is 0 Å². The summed E-state index contributed by atoms with van der Waals surface area (Å²) in [5.41, 5.74) is 4.95. The third-order valence-electron chi connectivity index (χ3n) is 0.900. The maximum absolute atomic E-state index is 9.69. The van der Waals surface area contributed by atoms with Gasteiger partial charge in [-0.25, -0.2) is 0 Å². The van der Waals surface area contributed by atoms with Crippen LogP contribution in [0.4, 0.5) is 0 Å². The first kappa shape index (κ1) is 7.43. The summed E-state index contributed by atoms with van der Waals surface area (Å²) in [7, 11) is 0. The minimum Gasteiger partial charge on any atom is -0.342 e. The van der Waals surface area contributed by atoms with Crippen LogP contribution in [-0.4, -0.2) is 18.5 Å². The third kappa shape index (κ3) is 2.58. The molecule has 0 saturated carbocycles. The highest BCUT2D eigenvalue weighted by Crippen LogP contribution is 1.94. The maximum atomic E-state index is 9.69. The van der Waals surface area contributed by atoms with Crippen LogP contribution < -0.4 is 11.1 Å². The molecule has 3 nitrogen and oxygen atoms in total. The van der Waals surface area contributed by atoms with Gasteiger partial charge >= 0.3 is 6.41 Å². The molecule has 0 bridgehead atoms. The van der Waals surface area contributed by atoms with Crippen LogP contribution in [0.2, 0.25) is 0 Å². The summed E-state index contributed by atoms with van der Waals surface area (Å²) < 4.78 is 0.